The molecule has 2 rings (SSSR count). The highest BCUT2D eigenvalue weighted by Gasteiger charge is 2.39. The van der Waals surface area contributed by atoms with Gasteiger partial charge in [-0.2, -0.15) is 0 Å². The Kier molecular flexibility index (Phi) is 5.26. The first-order valence-corrected chi connectivity index (χ1v) is 7.26. The van der Waals surface area contributed by atoms with E-state index in [4.69, 9.17) is 16.3 Å². The number of halogens is 1. The molecule has 0 aliphatic heterocycles. The average molecular weight is 296 g/mol. The summed E-state index contributed by atoms with van der Waals surface area (Å²) >= 11 is 6.03. The van der Waals surface area contributed by atoms with E-state index in [-0.39, 0.29) is 6.04 Å². The lowest BCUT2D eigenvalue weighted by atomic mass is 10.1. The fraction of sp³-hybridized carbons (Fsp3) is 0.533. The molecule has 1 saturated carbocycles. The smallest absolute Gasteiger partial charge is 0.191 e. The molecule has 3 unspecified atom stereocenters. The second kappa shape index (κ2) is 6.95. The van der Waals surface area contributed by atoms with Gasteiger partial charge in [-0.3, -0.25) is 4.99 Å². The van der Waals surface area contributed by atoms with E-state index in [0.717, 1.165) is 17.4 Å². The first kappa shape index (κ1) is 15.1. The van der Waals surface area contributed by atoms with Crippen LogP contribution in [0.25, 0.3) is 0 Å². The molecule has 20 heavy (non-hydrogen) atoms. The summed E-state index contributed by atoms with van der Waals surface area (Å²) in [6.07, 6.45) is 1.11. The van der Waals surface area contributed by atoms with Crippen LogP contribution in [-0.2, 0) is 4.74 Å². The largest absolute Gasteiger partial charge is 0.383 e. The van der Waals surface area contributed by atoms with Gasteiger partial charge in [0.25, 0.3) is 0 Å². The van der Waals surface area contributed by atoms with Gasteiger partial charge in [-0.15, -0.1) is 0 Å². The molecule has 1 aromatic rings. The molecule has 0 aromatic heterocycles. The molecule has 3 atom stereocenters. The Morgan fingerprint density at radius 2 is 2.35 bits per heavy atom. The Morgan fingerprint density at radius 3 is 3.00 bits per heavy atom. The molecule has 4 nitrogen and oxygen atoms in total. The van der Waals surface area contributed by atoms with Gasteiger partial charge >= 0.3 is 0 Å². The van der Waals surface area contributed by atoms with Crippen LogP contribution >= 0.6 is 11.6 Å². The molecular formula is C15H22ClN3O. The van der Waals surface area contributed by atoms with Gasteiger partial charge in [0.2, 0.25) is 0 Å². The summed E-state index contributed by atoms with van der Waals surface area (Å²) in [6, 6.07) is 8.73. The predicted molar refractivity (Wildman–Crippen MR) is 83.6 cm³/mol. The van der Waals surface area contributed by atoms with Crippen LogP contribution in [0, 0.1) is 0 Å². The minimum Gasteiger partial charge on any atom is -0.383 e. The predicted octanol–water partition coefficient (Wildman–Crippen LogP) is 2.40. The van der Waals surface area contributed by atoms with Gasteiger partial charge in [0, 0.05) is 37.2 Å². The fourth-order valence-electron chi connectivity index (χ4n) is 2.33. The monoisotopic (exact) mass is 295 g/mol. The van der Waals surface area contributed by atoms with E-state index in [0.29, 0.717) is 18.6 Å². The van der Waals surface area contributed by atoms with E-state index in [1.807, 2.05) is 18.2 Å². The van der Waals surface area contributed by atoms with Gasteiger partial charge in [0.1, 0.15) is 0 Å². The Labute approximate surface area is 125 Å². The molecule has 0 bridgehead atoms. The molecule has 0 spiro atoms. The molecule has 110 valence electrons. The zero-order valence-corrected chi connectivity index (χ0v) is 12.9. The first-order valence-electron chi connectivity index (χ1n) is 6.88. The standard InChI is InChI=1S/C15H22ClN3O/c1-10(9-20-3)18-15(17-2)19-14-8-13(14)11-5-4-6-12(16)7-11/h4-7,10,13-14H,8-9H2,1-3H3,(H2,17,18,19). The number of ether oxygens (including phenoxy) is 1. The molecular weight excluding hydrogens is 274 g/mol. The van der Waals surface area contributed by atoms with E-state index in [1.165, 1.54) is 5.56 Å². The normalized spacial score (nSPS) is 23.3. The maximum absolute atomic E-state index is 6.03. The summed E-state index contributed by atoms with van der Waals surface area (Å²) in [4.78, 5) is 4.25. The van der Waals surface area contributed by atoms with Crippen molar-refractivity contribution in [3.8, 4) is 0 Å². The highest BCUT2D eigenvalue weighted by molar-refractivity contribution is 6.30. The summed E-state index contributed by atoms with van der Waals surface area (Å²) in [5, 5.41) is 7.54. The third-order valence-corrected chi connectivity index (χ3v) is 3.65. The van der Waals surface area contributed by atoms with E-state index < -0.39 is 0 Å². The molecule has 2 N–H and O–H groups in total. The van der Waals surface area contributed by atoms with Gasteiger partial charge in [0.05, 0.1) is 6.61 Å². The van der Waals surface area contributed by atoms with Crippen molar-refractivity contribution in [2.45, 2.75) is 31.3 Å². The van der Waals surface area contributed by atoms with Gasteiger partial charge < -0.3 is 15.4 Å². The summed E-state index contributed by atoms with van der Waals surface area (Å²) in [7, 11) is 3.48. The summed E-state index contributed by atoms with van der Waals surface area (Å²) in [5.41, 5.74) is 1.29. The van der Waals surface area contributed by atoms with Gasteiger partial charge in [-0.1, -0.05) is 23.7 Å². The number of nitrogens with one attached hydrogen (secondary N) is 2. The van der Waals surface area contributed by atoms with Crippen LogP contribution in [0.2, 0.25) is 5.02 Å². The van der Waals surface area contributed by atoms with Gasteiger partial charge in [-0.25, -0.2) is 0 Å². The SMILES string of the molecule is CN=C(NC(C)COC)NC1CC1c1cccc(Cl)c1. The highest BCUT2D eigenvalue weighted by atomic mass is 35.5. The topological polar surface area (TPSA) is 45.7 Å². The minimum atomic E-state index is 0.231. The third kappa shape index (κ3) is 4.12. The average Bonchev–Trinajstić information content (AvgIpc) is 3.17. The van der Waals surface area contributed by atoms with Crippen LogP contribution in [0.3, 0.4) is 0 Å². The zero-order chi connectivity index (χ0) is 14.5. The number of benzene rings is 1. The molecule has 5 heteroatoms. The third-order valence-electron chi connectivity index (χ3n) is 3.41. The van der Waals surface area contributed by atoms with Gasteiger partial charge in [0.15, 0.2) is 5.96 Å². The van der Waals surface area contributed by atoms with Crippen molar-refractivity contribution in [3.63, 3.8) is 0 Å². The highest BCUT2D eigenvalue weighted by Crippen LogP contribution is 2.41. The molecule has 1 aliphatic rings. The lowest BCUT2D eigenvalue weighted by molar-refractivity contribution is 0.179. The van der Waals surface area contributed by atoms with Crippen molar-refractivity contribution in [2.75, 3.05) is 20.8 Å². The van der Waals surface area contributed by atoms with E-state index in [9.17, 15) is 0 Å². The summed E-state index contributed by atoms with van der Waals surface area (Å²) in [5.74, 6) is 1.34. The first-order chi connectivity index (χ1) is 9.63. The quantitative estimate of drug-likeness (QED) is 0.648. The van der Waals surface area contributed by atoms with Crippen LogP contribution < -0.4 is 10.6 Å². The van der Waals surface area contributed by atoms with Crippen LogP contribution in [0.4, 0.5) is 0 Å². The van der Waals surface area contributed by atoms with Crippen LogP contribution in [0.5, 0.6) is 0 Å². The van der Waals surface area contributed by atoms with Crippen LogP contribution in [0.15, 0.2) is 29.3 Å². The molecule has 1 aromatic carbocycles. The van der Waals surface area contributed by atoms with Crippen molar-refractivity contribution in [1.29, 1.82) is 0 Å². The maximum atomic E-state index is 6.03. The van der Waals surface area contributed by atoms with Crippen LogP contribution in [0.1, 0.15) is 24.8 Å². The minimum absolute atomic E-state index is 0.231. The van der Waals surface area contributed by atoms with Crippen molar-refractivity contribution < 1.29 is 4.74 Å². The van der Waals surface area contributed by atoms with E-state index >= 15 is 0 Å². The lowest BCUT2D eigenvalue weighted by Crippen LogP contribution is -2.45. The molecule has 1 fully saturated rings. The van der Waals surface area contributed by atoms with Crippen molar-refractivity contribution in [3.05, 3.63) is 34.9 Å². The van der Waals surface area contributed by atoms with Crippen molar-refractivity contribution in [2.24, 2.45) is 4.99 Å². The number of methoxy groups -OCH3 is 1. The zero-order valence-electron chi connectivity index (χ0n) is 12.2. The fourth-order valence-corrected chi connectivity index (χ4v) is 2.53. The van der Waals surface area contributed by atoms with E-state index in [1.54, 1.807) is 14.2 Å². The van der Waals surface area contributed by atoms with Crippen molar-refractivity contribution >= 4 is 17.6 Å². The Bertz CT molecular complexity index is 478. The molecule has 0 radical (unpaired) electrons. The number of aliphatic imine (C=N–C) groups is 1. The number of rotatable bonds is 5. The number of hydrogen-bond donors (Lipinski definition) is 2. The summed E-state index contributed by atoms with van der Waals surface area (Å²) in [6.45, 7) is 2.72. The van der Waals surface area contributed by atoms with E-state index in [2.05, 4.69) is 28.6 Å². The number of guanidine groups is 1. The molecule has 0 heterocycles. The second-order valence-electron chi connectivity index (χ2n) is 5.22. The Morgan fingerprint density at radius 1 is 1.55 bits per heavy atom. The number of nitrogens with zero attached hydrogens (tertiary/aromatic N) is 1. The van der Waals surface area contributed by atoms with Crippen molar-refractivity contribution in [1.82, 2.24) is 10.6 Å². The van der Waals surface area contributed by atoms with Crippen LogP contribution in [-0.4, -0.2) is 38.8 Å². The maximum Gasteiger partial charge on any atom is 0.191 e. The number of hydrogen-bond acceptors (Lipinski definition) is 2. The molecule has 1 aliphatic carbocycles. The second-order valence-corrected chi connectivity index (χ2v) is 5.66. The van der Waals surface area contributed by atoms with Gasteiger partial charge in [-0.05, 0) is 31.0 Å². The molecule has 0 saturated heterocycles. The summed E-state index contributed by atoms with van der Waals surface area (Å²) < 4.78 is 5.11. The lowest BCUT2D eigenvalue weighted by Gasteiger charge is -2.17. The Hall–Kier alpha value is -1.26. The Balaban J connectivity index is 1.86. The molecule has 0 amide bonds.